The van der Waals surface area contributed by atoms with Crippen molar-refractivity contribution in [3.05, 3.63) is 64.2 Å². The number of nitrogens with zero attached hydrogens (tertiary/aromatic N) is 1. The van der Waals surface area contributed by atoms with E-state index in [9.17, 15) is 19.7 Å². The van der Waals surface area contributed by atoms with Crippen LogP contribution in [0.25, 0.3) is 0 Å². The number of carbonyl (C=O) groups is 2. The summed E-state index contributed by atoms with van der Waals surface area (Å²) >= 11 is 0. The zero-order valence-corrected chi connectivity index (χ0v) is 13.4. The van der Waals surface area contributed by atoms with Crippen LogP contribution in [0.1, 0.15) is 12.5 Å². The number of hydrogen-bond donors (Lipinski definition) is 1. The molecule has 0 radical (unpaired) electrons. The zero-order chi connectivity index (χ0) is 18.2. The molecule has 0 saturated carbocycles. The number of benzene rings is 2. The molecule has 0 aliphatic heterocycles. The van der Waals surface area contributed by atoms with Crippen molar-refractivity contribution in [2.75, 3.05) is 6.54 Å². The van der Waals surface area contributed by atoms with Gasteiger partial charge in [-0.15, -0.1) is 0 Å². The minimum Gasteiger partial charge on any atom is -0.460 e. The Labute approximate surface area is 143 Å². The van der Waals surface area contributed by atoms with Gasteiger partial charge in [0.2, 0.25) is 5.91 Å². The third-order valence-electron chi connectivity index (χ3n) is 3.09. The second-order valence-corrected chi connectivity index (χ2v) is 5.07. The number of hydrogen-bond acceptors (Lipinski definition) is 6. The maximum absolute atomic E-state index is 11.4. The largest absolute Gasteiger partial charge is 0.460 e. The minimum absolute atomic E-state index is 0.0104. The molecule has 0 fully saturated rings. The van der Waals surface area contributed by atoms with Gasteiger partial charge >= 0.3 is 5.97 Å². The van der Waals surface area contributed by atoms with E-state index in [0.717, 1.165) is 5.56 Å². The Morgan fingerprint density at radius 1 is 1.04 bits per heavy atom. The summed E-state index contributed by atoms with van der Waals surface area (Å²) in [5, 5.41) is 13.0. The summed E-state index contributed by atoms with van der Waals surface area (Å²) in [6, 6.07) is 12.6. The average molecular weight is 344 g/mol. The van der Waals surface area contributed by atoms with Crippen LogP contribution in [0, 0.1) is 10.1 Å². The number of esters is 1. The van der Waals surface area contributed by atoms with Gasteiger partial charge in [-0.25, -0.2) is 0 Å². The standard InChI is InChI=1S/C17H16N2O6/c1-12(20)18-10-17(21)24-11-13-2-6-15(7-3-13)25-16-8-4-14(5-9-16)19(22)23/h2-9H,10-11H2,1H3,(H,18,20). The summed E-state index contributed by atoms with van der Waals surface area (Å²) in [7, 11) is 0. The Morgan fingerprint density at radius 2 is 1.60 bits per heavy atom. The summed E-state index contributed by atoms with van der Waals surface area (Å²) < 4.78 is 10.6. The van der Waals surface area contributed by atoms with Gasteiger partial charge in [0.25, 0.3) is 5.69 Å². The average Bonchev–Trinajstić information content (AvgIpc) is 2.60. The fraction of sp³-hybridized carbons (Fsp3) is 0.176. The molecule has 0 atom stereocenters. The number of non-ortho nitro benzene ring substituents is 1. The Bertz CT molecular complexity index is 756. The summed E-state index contributed by atoms with van der Waals surface area (Å²) in [5.74, 6) is 0.188. The van der Waals surface area contributed by atoms with Crippen molar-refractivity contribution in [1.82, 2.24) is 5.32 Å². The highest BCUT2D eigenvalue weighted by molar-refractivity contribution is 5.80. The van der Waals surface area contributed by atoms with E-state index in [0.29, 0.717) is 11.5 Å². The van der Waals surface area contributed by atoms with Gasteiger partial charge in [0.1, 0.15) is 24.7 Å². The van der Waals surface area contributed by atoms with Crippen molar-refractivity contribution in [2.24, 2.45) is 0 Å². The molecule has 0 aromatic heterocycles. The van der Waals surface area contributed by atoms with E-state index in [1.54, 1.807) is 24.3 Å². The number of nitro groups is 1. The van der Waals surface area contributed by atoms with E-state index >= 15 is 0 Å². The van der Waals surface area contributed by atoms with Crippen LogP contribution in [0.3, 0.4) is 0 Å². The molecule has 1 amide bonds. The second kappa shape index (κ2) is 8.44. The van der Waals surface area contributed by atoms with Gasteiger partial charge in [0.15, 0.2) is 0 Å². The maximum atomic E-state index is 11.4. The van der Waals surface area contributed by atoms with E-state index in [1.807, 2.05) is 0 Å². The third kappa shape index (κ3) is 5.94. The lowest BCUT2D eigenvalue weighted by Crippen LogP contribution is -2.28. The smallest absolute Gasteiger partial charge is 0.325 e. The first-order chi connectivity index (χ1) is 11.9. The molecular formula is C17H16N2O6. The van der Waals surface area contributed by atoms with Gasteiger partial charge in [-0.1, -0.05) is 12.1 Å². The fourth-order valence-electron chi connectivity index (χ4n) is 1.84. The predicted octanol–water partition coefficient (Wildman–Crippen LogP) is 2.57. The van der Waals surface area contributed by atoms with Crippen molar-refractivity contribution >= 4 is 17.6 Å². The van der Waals surface area contributed by atoms with Crippen LogP contribution < -0.4 is 10.1 Å². The van der Waals surface area contributed by atoms with E-state index < -0.39 is 10.9 Å². The number of carbonyl (C=O) groups excluding carboxylic acids is 2. The molecule has 130 valence electrons. The van der Waals surface area contributed by atoms with Crippen LogP contribution in [0.5, 0.6) is 11.5 Å². The molecule has 2 aromatic carbocycles. The Morgan fingerprint density at radius 3 is 2.12 bits per heavy atom. The summed E-state index contributed by atoms with van der Waals surface area (Å²) in [6.07, 6.45) is 0. The molecule has 0 unspecified atom stereocenters. The lowest BCUT2D eigenvalue weighted by atomic mass is 10.2. The molecule has 2 aromatic rings. The summed E-state index contributed by atoms with van der Waals surface area (Å²) in [4.78, 5) is 32.2. The second-order valence-electron chi connectivity index (χ2n) is 5.07. The first-order valence-corrected chi connectivity index (χ1v) is 7.35. The number of amides is 1. The minimum atomic E-state index is -0.526. The molecule has 25 heavy (non-hydrogen) atoms. The highest BCUT2D eigenvalue weighted by Crippen LogP contribution is 2.24. The van der Waals surface area contributed by atoms with Crippen LogP contribution in [0.15, 0.2) is 48.5 Å². The SMILES string of the molecule is CC(=O)NCC(=O)OCc1ccc(Oc2ccc([N+](=O)[O-])cc2)cc1. The molecule has 8 nitrogen and oxygen atoms in total. The molecule has 0 heterocycles. The molecule has 0 aliphatic carbocycles. The van der Waals surface area contributed by atoms with Crippen LogP contribution in [0.4, 0.5) is 5.69 Å². The van der Waals surface area contributed by atoms with Gasteiger partial charge in [-0.3, -0.25) is 19.7 Å². The van der Waals surface area contributed by atoms with Crippen molar-refractivity contribution in [1.29, 1.82) is 0 Å². The van der Waals surface area contributed by atoms with Gasteiger partial charge in [-0.2, -0.15) is 0 Å². The van der Waals surface area contributed by atoms with E-state index in [1.165, 1.54) is 31.2 Å². The highest BCUT2D eigenvalue weighted by Gasteiger charge is 2.06. The Kier molecular flexibility index (Phi) is 6.05. The molecule has 0 saturated heterocycles. The normalized spacial score (nSPS) is 9.96. The van der Waals surface area contributed by atoms with Crippen molar-refractivity contribution < 1.29 is 24.0 Å². The highest BCUT2D eigenvalue weighted by atomic mass is 16.6. The molecule has 0 aliphatic rings. The van der Waals surface area contributed by atoms with E-state index in [2.05, 4.69) is 5.32 Å². The van der Waals surface area contributed by atoms with Crippen molar-refractivity contribution in [3.63, 3.8) is 0 Å². The van der Waals surface area contributed by atoms with Gasteiger partial charge in [-0.05, 0) is 29.8 Å². The van der Waals surface area contributed by atoms with E-state index in [4.69, 9.17) is 9.47 Å². The lowest BCUT2D eigenvalue weighted by molar-refractivity contribution is -0.384. The third-order valence-corrected chi connectivity index (χ3v) is 3.09. The summed E-state index contributed by atoms with van der Waals surface area (Å²) in [6.45, 7) is 1.23. The number of nitro benzene ring substituents is 1. The summed E-state index contributed by atoms with van der Waals surface area (Å²) in [5.41, 5.74) is 0.746. The monoisotopic (exact) mass is 344 g/mol. The first kappa shape index (κ1) is 17.9. The fourth-order valence-corrected chi connectivity index (χ4v) is 1.84. The maximum Gasteiger partial charge on any atom is 0.325 e. The van der Waals surface area contributed by atoms with E-state index in [-0.39, 0.29) is 24.7 Å². The van der Waals surface area contributed by atoms with Crippen LogP contribution in [-0.4, -0.2) is 23.3 Å². The van der Waals surface area contributed by atoms with Crippen LogP contribution in [0.2, 0.25) is 0 Å². The Balaban J connectivity index is 1.86. The van der Waals surface area contributed by atoms with Crippen molar-refractivity contribution in [2.45, 2.75) is 13.5 Å². The van der Waals surface area contributed by atoms with Gasteiger partial charge < -0.3 is 14.8 Å². The first-order valence-electron chi connectivity index (χ1n) is 7.35. The van der Waals surface area contributed by atoms with Gasteiger partial charge in [0, 0.05) is 19.1 Å². The molecule has 2 rings (SSSR count). The van der Waals surface area contributed by atoms with Crippen LogP contribution in [-0.2, 0) is 20.9 Å². The lowest BCUT2D eigenvalue weighted by Gasteiger charge is -2.08. The number of ether oxygens (including phenoxy) is 2. The molecule has 1 N–H and O–H groups in total. The van der Waals surface area contributed by atoms with Crippen LogP contribution >= 0.6 is 0 Å². The van der Waals surface area contributed by atoms with Crippen molar-refractivity contribution in [3.8, 4) is 11.5 Å². The topological polar surface area (TPSA) is 108 Å². The molecular weight excluding hydrogens is 328 g/mol. The predicted molar refractivity (Wildman–Crippen MR) is 88.1 cm³/mol. The zero-order valence-electron chi connectivity index (χ0n) is 13.4. The number of nitrogens with one attached hydrogen (secondary N) is 1. The molecule has 0 spiro atoms. The Hall–Kier alpha value is -3.42. The quantitative estimate of drug-likeness (QED) is 0.470. The van der Waals surface area contributed by atoms with Gasteiger partial charge in [0.05, 0.1) is 4.92 Å². The number of rotatable bonds is 7. The molecule has 0 bridgehead atoms. The molecule has 8 heteroatoms.